The van der Waals surface area contributed by atoms with Crippen LogP contribution in [0, 0.1) is 0 Å². The zero-order valence-electron chi connectivity index (χ0n) is 9.57. The summed E-state index contributed by atoms with van der Waals surface area (Å²) in [6, 6.07) is 0. The molecule has 0 aliphatic carbocycles. The topological polar surface area (TPSA) is 21.7 Å². The lowest BCUT2D eigenvalue weighted by Crippen LogP contribution is -2.18. The van der Waals surface area contributed by atoms with Crippen molar-refractivity contribution in [2.75, 3.05) is 27.3 Å². The summed E-state index contributed by atoms with van der Waals surface area (Å²) < 4.78 is 10.5. The van der Waals surface area contributed by atoms with E-state index in [2.05, 4.69) is 0 Å². The first-order valence-corrected chi connectivity index (χ1v) is 5.57. The van der Waals surface area contributed by atoms with Gasteiger partial charge in [-0.2, -0.15) is 0 Å². The number of ether oxygens (including phenoxy) is 2. The van der Waals surface area contributed by atoms with Gasteiger partial charge >= 0.3 is 0 Å². The molecular formula is C10H17NO2S2. The maximum absolute atomic E-state index is 5.24. The van der Waals surface area contributed by atoms with Crippen molar-refractivity contribution in [1.82, 2.24) is 4.90 Å². The maximum atomic E-state index is 5.24. The minimum absolute atomic E-state index is 0.379. The molecule has 5 heteroatoms. The second kappa shape index (κ2) is 7.59. The molecule has 0 saturated heterocycles. The Morgan fingerprint density at radius 2 is 1.47 bits per heavy atom. The highest BCUT2D eigenvalue weighted by molar-refractivity contribution is 7.82. The van der Waals surface area contributed by atoms with Gasteiger partial charge in [-0.05, 0) is 38.3 Å². The molecule has 0 aromatic carbocycles. The van der Waals surface area contributed by atoms with Crippen LogP contribution >= 0.6 is 24.4 Å². The fourth-order valence-corrected chi connectivity index (χ4v) is 1.46. The maximum Gasteiger partial charge on any atom is 0.197 e. The molecule has 0 aliphatic heterocycles. The van der Waals surface area contributed by atoms with E-state index in [1.54, 1.807) is 6.20 Å². The highest BCUT2D eigenvalue weighted by Crippen LogP contribution is 2.07. The van der Waals surface area contributed by atoms with Crippen LogP contribution in [0.2, 0.25) is 0 Å². The predicted molar refractivity (Wildman–Crippen MR) is 70.2 cm³/mol. The number of hydrogen-bond donors (Lipinski definition) is 0. The summed E-state index contributed by atoms with van der Waals surface area (Å²) in [5.74, 6) is 0. The second-order valence-corrected chi connectivity index (χ2v) is 3.69. The van der Waals surface area contributed by atoms with Crippen molar-refractivity contribution in [2.45, 2.75) is 13.8 Å². The van der Waals surface area contributed by atoms with Crippen LogP contribution in [0.5, 0.6) is 0 Å². The van der Waals surface area contributed by atoms with Crippen molar-refractivity contribution >= 4 is 34.5 Å². The molecule has 0 aromatic heterocycles. The lowest BCUT2D eigenvalue weighted by molar-refractivity contribution is 0.324. The first-order valence-electron chi connectivity index (χ1n) is 4.75. The molecular weight excluding hydrogens is 230 g/mol. The molecule has 0 amide bonds. The van der Waals surface area contributed by atoms with Crippen LogP contribution in [0.3, 0.4) is 0 Å². The van der Waals surface area contributed by atoms with Crippen LogP contribution in [-0.2, 0) is 9.47 Å². The van der Waals surface area contributed by atoms with E-state index < -0.39 is 0 Å². The van der Waals surface area contributed by atoms with E-state index in [4.69, 9.17) is 33.9 Å². The normalized spacial score (nSPS) is 9.07. The summed E-state index contributed by atoms with van der Waals surface area (Å²) in [6.07, 6.45) is 1.80. The third-order valence-corrected chi connectivity index (χ3v) is 2.05. The minimum atomic E-state index is 0.379. The van der Waals surface area contributed by atoms with E-state index in [1.807, 2.05) is 32.8 Å². The average molecular weight is 247 g/mol. The van der Waals surface area contributed by atoms with Crippen LogP contribution in [0.4, 0.5) is 0 Å². The SMILES string of the molecule is CCOC(=S)C(=CN(C)C)C(=S)OCC. The number of hydrogen-bond acceptors (Lipinski definition) is 5. The second-order valence-electron chi connectivity index (χ2n) is 2.95. The van der Waals surface area contributed by atoms with Gasteiger partial charge in [0, 0.05) is 20.3 Å². The van der Waals surface area contributed by atoms with E-state index in [-0.39, 0.29) is 0 Å². The van der Waals surface area contributed by atoms with Crippen molar-refractivity contribution in [3.05, 3.63) is 11.8 Å². The van der Waals surface area contributed by atoms with Gasteiger partial charge in [0.15, 0.2) is 10.1 Å². The van der Waals surface area contributed by atoms with Crippen LogP contribution in [-0.4, -0.2) is 42.3 Å². The third-order valence-electron chi connectivity index (χ3n) is 1.38. The molecule has 0 atom stereocenters. The van der Waals surface area contributed by atoms with Gasteiger partial charge in [-0.1, -0.05) is 0 Å². The Labute approximate surface area is 102 Å². The van der Waals surface area contributed by atoms with Crippen molar-refractivity contribution < 1.29 is 9.47 Å². The lowest BCUT2D eigenvalue weighted by Gasteiger charge is -2.14. The van der Waals surface area contributed by atoms with E-state index >= 15 is 0 Å². The Bertz CT molecular complexity index is 242. The van der Waals surface area contributed by atoms with Crippen molar-refractivity contribution in [1.29, 1.82) is 0 Å². The molecule has 0 saturated carbocycles. The van der Waals surface area contributed by atoms with Crippen molar-refractivity contribution in [3.63, 3.8) is 0 Å². The summed E-state index contributed by atoms with van der Waals surface area (Å²) in [6.45, 7) is 4.81. The highest BCUT2D eigenvalue weighted by Gasteiger charge is 2.13. The molecule has 15 heavy (non-hydrogen) atoms. The molecule has 0 heterocycles. The summed E-state index contributed by atoms with van der Waals surface area (Å²) in [5, 5.41) is 0.759. The standard InChI is InChI=1S/C10H17NO2S2/c1-5-12-9(14)8(7-11(3)4)10(15)13-6-2/h7H,5-6H2,1-4H3. The highest BCUT2D eigenvalue weighted by atomic mass is 32.1. The summed E-state index contributed by atoms with van der Waals surface area (Å²) in [5.41, 5.74) is 0.647. The number of nitrogens with zero attached hydrogens (tertiary/aromatic N) is 1. The molecule has 86 valence electrons. The van der Waals surface area contributed by atoms with Gasteiger partial charge in [-0.25, -0.2) is 0 Å². The van der Waals surface area contributed by atoms with E-state index in [1.165, 1.54) is 0 Å². The van der Waals surface area contributed by atoms with Gasteiger partial charge in [-0.15, -0.1) is 0 Å². The molecule has 0 bridgehead atoms. The smallest absolute Gasteiger partial charge is 0.197 e. The van der Waals surface area contributed by atoms with Gasteiger partial charge in [0.1, 0.15) is 0 Å². The Morgan fingerprint density at radius 3 is 1.73 bits per heavy atom. The molecule has 0 N–H and O–H groups in total. The molecule has 0 aromatic rings. The zero-order valence-corrected chi connectivity index (χ0v) is 11.2. The van der Waals surface area contributed by atoms with Crippen LogP contribution in [0.1, 0.15) is 13.8 Å². The Balaban J connectivity index is 4.73. The molecule has 0 aliphatic rings. The Morgan fingerprint density at radius 1 is 1.07 bits per heavy atom. The molecule has 0 unspecified atom stereocenters. The van der Waals surface area contributed by atoms with Gasteiger partial charge in [0.05, 0.1) is 18.8 Å². The minimum Gasteiger partial charge on any atom is -0.483 e. The molecule has 3 nitrogen and oxygen atoms in total. The average Bonchev–Trinajstić information content (AvgIpc) is 2.14. The fraction of sp³-hybridized carbons (Fsp3) is 0.600. The largest absolute Gasteiger partial charge is 0.483 e. The van der Waals surface area contributed by atoms with Crippen LogP contribution in [0.25, 0.3) is 0 Å². The van der Waals surface area contributed by atoms with Crippen LogP contribution in [0.15, 0.2) is 11.8 Å². The van der Waals surface area contributed by atoms with E-state index in [0.29, 0.717) is 28.9 Å². The third kappa shape index (κ3) is 5.69. The van der Waals surface area contributed by atoms with E-state index in [0.717, 1.165) is 0 Å². The predicted octanol–water partition coefficient (Wildman–Crippen LogP) is 2.16. The quantitative estimate of drug-likeness (QED) is 0.547. The summed E-state index contributed by atoms with van der Waals surface area (Å²) in [7, 11) is 3.78. The summed E-state index contributed by atoms with van der Waals surface area (Å²) >= 11 is 10.2. The first kappa shape index (κ1) is 14.3. The fourth-order valence-electron chi connectivity index (χ4n) is 0.865. The Hall–Kier alpha value is -0.680. The van der Waals surface area contributed by atoms with Crippen molar-refractivity contribution in [2.24, 2.45) is 0 Å². The first-order chi connectivity index (χ1) is 7.02. The van der Waals surface area contributed by atoms with Gasteiger partial charge in [-0.3, -0.25) is 0 Å². The monoisotopic (exact) mass is 247 g/mol. The van der Waals surface area contributed by atoms with Crippen LogP contribution < -0.4 is 0 Å². The molecule has 0 rings (SSSR count). The summed E-state index contributed by atoms with van der Waals surface area (Å²) in [4.78, 5) is 1.85. The molecule has 0 spiro atoms. The van der Waals surface area contributed by atoms with E-state index in [9.17, 15) is 0 Å². The molecule has 0 fully saturated rings. The van der Waals surface area contributed by atoms with Gasteiger partial charge < -0.3 is 14.4 Å². The van der Waals surface area contributed by atoms with Gasteiger partial charge in [0.2, 0.25) is 0 Å². The number of thiocarbonyl (C=S) groups is 2. The van der Waals surface area contributed by atoms with Gasteiger partial charge in [0.25, 0.3) is 0 Å². The number of rotatable bonds is 5. The lowest BCUT2D eigenvalue weighted by atomic mass is 10.3. The zero-order chi connectivity index (χ0) is 11.8. The van der Waals surface area contributed by atoms with Crippen molar-refractivity contribution in [3.8, 4) is 0 Å². The molecule has 0 radical (unpaired) electrons. The Kier molecular flexibility index (Phi) is 7.25.